The molecule has 0 fully saturated rings. The van der Waals surface area contributed by atoms with Crippen LogP contribution in [0.4, 0.5) is 13.2 Å². The number of amides is 1. The predicted octanol–water partition coefficient (Wildman–Crippen LogP) is 1.33. The number of hydrogen-bond acceptors (Lipinski definition) is 4. The van der Waals surface area contributed by atoms with Gasteiger partial charge in [0.05, 0.1) is 11.3 Å². The Bertz CT molecular complexity index is 542. The lowest BCUT2D eigenvalue weighted by Gasteiger charge is -2.24. The van der Waals surface area contributed by atoms with Crippen molar-refractivity contribution in [3.8, 4) is 0 Å². The van der Waals surface area contributed by atoms with E-state index in [4.69, 9.17) is 4.74 Å². The molecule has 1 N–H and O–H groups in total. The lowest BCUT2D eigenvalue weighted by molar-refractivity contribution is -0.155. The van der Waals surface area contributed by atoms with Gasteiger partial charge in [0.15, 0.2) is 0 Å². The molecule has 0 saturated heterocycles. The Morgan fingerprint density at radius 3 is 2.79 bits per heavy atom. The van der Waals surface area contributed by atoms with E-state index in [0.717, 1.165) is 13.0 Å². The number of ether oxygens (including phenoxy) is 1. The number of nitrogens with one attached hydrogen (secondary N) is 1. The molecular formula is C11H9F3N2O3. The van der Waals surface area contributed by atoms with Gasteiger partial charge in [-0.05, 0) is 11.6 Å². The fourth-order valence-corrected chi connectivity index (χ4v) is 1.73. The van der Waals surface area contributed by atoms with Gasteiger partial charge in [-0.3, -0.25) is 14.6 Å². The maximum Gasteiger partial charge on any atom is 0.417 e. The lowest BCUT2D eigenvalue weighted by atomic mass is 10.0. The van der Waals surface area contributed by atoms with Gasteiger partial charge in [-0.1, -0.05) is 0 Å². The number of alkyl halides is 3. The largest absolute Gasteiger partial charge is 0.446 e. The van der Waals surface area contributed by atoms with Crippen LogP contribution in [0.25, 0.3) is 0 Å². The maximum absolute atomic E-state index is 12.5. The van der Waals surface area contributed by atoms with Crippen molar-refractivity contribution in [1.29, 1.82) is 0 Å². The SMILES string of the molecule is CC(=O)OC1C(=O)NCc2cc(C(F)(F)F)cnc21. The van der Waals surface area contributed by atoms with Crippen molar-refractivity contribution in [2.45, 2.75) is 25.7 Å². The molecule has 0 aliphatic carbocycles. The van der Waals surface area contributed by atoms with Gasteiger partial charge in [0.2, 0.25) is 6.10 Å². The van der Waals surface area contributed by atoms with Crippen molar-refractivity contribution in [1.82, 2.24) is 10.3 Å². The van der Waals surface area contributed by atoms with Crippen molar-refractivity contribution in [2.24, 2.45) is 0 Å². The van der Waals surface area contributed by atoms with E-state index in [-0.39, 0.29) is 17.8 Å². The second kappa shape index (κ2) is 4.52. The number of pyridine rings is 1. The third-order valence-corrected chi connectivity index (χ3v) is 2.55. The average Bonchev–Trinajstić information content (AvgIpc) is 2.30. The molecule has 1 aliphatic heterocycles. The van der Waals surface area contributed by atoms with Gasteiger partial charge in [0.1, 0.15) is 0 Å². The summed E-state index contributed by atoms with van der Waals surface area (Å²) in [6.45, 7) is 1.02. The van der Waals surface area contributed by atoms with Crippen molar-refractivity contribution in [2.75, 3.05) is 0 Å². The Labute approximate surface area is 105 Å². The number of fused-ring (bicyclic) bond motifs is 1. The highest BCUT2D eigenvalue weighted by Crippen LogP contribution is 2.32. The molecule has 0 bridgehead atoms. The quantitative estimate of drug-likeness (QED) is 0.784. The van der Waals surface area contributed by atoms with Crippen LogP contribution in [0.5, 0.6) is 0 Å². The number of carbonyl (C=O) groups excluding carboxylic acids is 2. The predicted molar refractivity (Wildman–Crippen MR) is 55.6 cm³/mol. The fourth-order valence-electron chi connectivity index (χ4n) is 1.73. The first-order chi connectivity index (χ1) is 8.79. The first-order valence-corrected chi connectivity index (χ1v) is 5.30. The van der Waals surface area contributed by atoms with Crippen molar-refractivity contribution < 1.29 is 27.5 Å². The average molecular weight is 274 g/mol. The number of hydrogen-bond donors (Lipinski definition) is 1. The summed E-state index contributed by atoms with van der Waals surface area (Å²) in [5, 5.41) is 2.35. The molecule has 1 aromatic rings. The molecule has 19 heavy (non-hydrogen) atoms. The van der Waals surface area contributed by atoms with Gasteiger partial charge in [0.25, 0.3) is 5.91 Å². The molecule has 2 heterocycles. The number of halogens is 3. The molecular weight excluding hydrogens is 265 g/mol. The summed E-state index contributed by atoms with van der Waals surface area (Å²) >= 11 is 0. The van der Waals surface area contributed by atoms with Crippen LogP contribution in [0, 0.1) is 0 Å². The van der Waals surface area contributed by atoms with E-state index in [1.165, 1.54) is 0 Å². The fraction of sp³-hybridized carbons (Fsp3) is 0.364. The molecule has 0 aromatic carbocycles. The molecule has 0 radical (unpaired) electrons. The molecule has 1 amide bonds. The third-order valence-electron chi connectivity index (χ3n) is 2.55. The molecule has 1 atom stereocenters. The molecule has 2 rings (SSSR count). The normalized spacial score (nSPS) is 18.5. The zero-order valence-electron chi connectivity index (χ0n) is 9.75. The highest BCUT2D eigenvalue weighted by molar-refractivity contribution is 5.85. The Hall–Kier alpha value is -2.12. The van der Waals surface area contributed by atoms with E-state index >= 15 is 0 Å². The Kier molecular flexibility index (Phi) is 3.17. The number of aromatic nitrogens is 1. The number of carbonyl (C=O) groups is 2. The van der Waals surface area contributed by atoms with Crippen LogP contribution in [0.3, 0.4) is 0 Å². The number of rotatable bonds is 1. The summed E-state index contributed by atoms with van der Waals surface area (Å²) in [6, 6.07) is 0.887. The second-order valence-electron chi connectivity index (χ2n) is 3.97. The zero-order valence-corrected chi connectivity index (χ0v) is 9.75. The molecule has 5 nitrogen and oxygen atoms in total. The van der Waals surface area contributed by atoms with E-state index in [9.17, 15) is 22.8 Å². The molecule has 1 aromatic heterocycles. The monoisotopic (exact) mass is 274 g/mol. The van der Waals surface area contributed by atoms with Gasteiger partial charge in [-0.15, -0.1) is 0 Å². The summed E-state index contributed by atoms with van der Waals surface area (Å²) in [4.78, 5) is 26.0. The standard InChI is InChI=1S/C11H9F3N2O3/c1-5(17)19-9-8-6(3-16-10(9)18)2-7(4-15-8)11(12,13)14/h2,4,9H,3H2,1H3,(H,16,18). The van der Waals surface area contributed by atoms with E-state index < -0.39 is 29.7 Å². The first-order valence-electron chi connectivity index (χ1n) is 5.30. The van der Waals surface area contributed by atoms with Crippen LogP contribution in [-0.4, -0.2) is 16.9 Å². The lowest BCUT2D eigenvalue weighted by Crippen LogP contribution is -2.37. The van der Waals surface area contributed by atoms with Gasteiger partial charge in [0, 0.05) is 19.7 Å². The summed E-state index contributed by atoms with van der Waals surface area (Å²) in [5.74, 6) is -1.32. The van der Waals surface area contributed by atoms with Gasteiger partial charge in [-0.25, -0.2) is 0 Å². The summed E-state index contributed by atoms with van der Waals surface area (Å²) < 4.78 is 42.3. The maximum atomic E-state index is 12.5. The molecule has 0 saturated carbocycles. The summed E-state index contributed by atoms with van der Waals surface area (Å²) in [6.07, 6.45) is -5.20. The Morgan fingerprint density at radius 1 is 1.53 bits per heavy atom. The Morgan fingerprint density at radius 2 is 2.21 bits per heavy atom. The smallest absolute Gasteiger partial charge is 0.417 e. The highest BCUT2D eigenvalue weighted by Gasteiger charge is 2.36. The second-order valence-corrected chi connectivity index (χ2v) is 3.97. The van der Waals surface area contributed by atoms with Crippen LogP contribution in [0.15, 0.2) is 12.3 Å². The van der Waals surface area contributed by atoms with Crippen LogP contribution >= 0.6 is 0 Å². The highest BCUT2D eigenvalue weighted by atomic mass is 19.4. The van der Waals surface area contributed by atoms with Gasteiger partial charge < -0.3 is 10.1 Å². The minimum Gasteiger partial charge on any atom is -0.446 e. The first kappa shape index (κ1) is 13.3. The third kappa shape index (κ3) is 2.67. The van der Waals surface area contributed by atoms with E-state index in [1.54, 1.807) is 0 Å². The summed E-state index contributed by atoms with van der Waals surface area (Å²) in [5.41, 5.74) is -0.698. The zero-order chi connectivity index (χ0) is 14.2. The molecule has 8 heteroatoms. The van der Waals surface area contributed by atoms with E-state index in [0.29, 0.717) is 6.20 Å². The van der Waals surface area contributed by atoms with Gasteiger partial charge >= 0.3 is 12.1 Å². The minimum atomic E-state index is -4.51. The Balaban J connectivity index is 2.41. The van der Waals surface area contributed by atoms with Crippen molar-refractivity contribution in [3.63, 3.8) is 0 Å². The van der Waals surface area contributed by atoms with Crippen LogP contribution in [0.1, 0.15) is 29.8 Å². The number of nitrogens with zero attached hydrogens (tertiary/aromatic N) is 1. The van der Waals surface area contributed by atoms with E-state index in [1.807, 2.05) is 0 Å². The van der Waals surface area contributed by atoms with E-state index in [2.05, 4.69) is 10.3 Å². The van der Waals surface area contributed by atoms with Crippen LogP contribution < -0.4 is 5.32 Å². The molecule has 102 valence electrons. The van der Waals surface area contributed by atoms with Crippen LogP contribution in [0.2, 0.25) is 0 Å². The van der Waals surface area contributed by atoms with Crippen molar-refractivity contribution in [3.05, 3.63) is 29.1 Å². The molecule has 1 aliphatic rings. The van der Waals surface area contributed by atoms with Crippen molar-refractivity contribution >= 4 is 11.9 Å². The molecule has 1 unspecified atom stereocenters. The van der Waals surface area contributed by atoms with Gasteiger partial charge in [-0.2, -0.15) is 13.2 Å². The van der Waals surface area contributed by atoms with Crippen LogP contribution in [-0.2, 0) is 27.0 Å². The molecule has 0 spiro atoms. The number of esters is 1. The summed E-state index contributed by atoms with van der Waals surface area (Å²) in [7, 11) is 0. The minimum absolute atomic E-state index is 0.0342. The topological polar surface area (TPSA) is 68.3 Å².